The second kappa shape index (κ2) is 7.39. The molecule has 112 valence electrons. The number of hydrogen-bond donors (Lipinski definition) is 1. The van der Waals surface area contributed by atoms with E-state index in [2.05, 4.69) is 53.3 Å². The molecular weight excluding hydrogens is 353 g/mol. The largest absolute Gasteiger partial charge is 0.310 e. The van der Waals surface area contributed by atoms with E-state index in [9.17, 15) is 4.39 Å². The molecule has 21 heavy (non-hydrogen) atoms. The molecule has 1 unspecified atom stereocenters. The molecule has 4 heteroatoms. The lowest BCUT2D eigenvalue weighted by Gasteiger charge is -2.20. The van der Waals surface area contributed by atoms with Crippen LogP contribution >= 0.6 is 27.5 Å². The quantitative estimate of drug-likeness (QED) is 0.738. The van der Waals surface area contributed by atoms with Gasteiger partial charge in [0, 0.05) is 10.5 Å². The maximum atomic E-state index is 13.3. The van der Waals surface area contributed by atoms with Gasteiger partial charge in [-0.2, -0.15) is 0 Å². The van der Waals surface area contributed by atoms with E-state index >= 15 is 0 Å². The monoisotopic (exact) mass is 369 g/mol. The number of hydrogen-bond acceptors (Lipinski definition) is 1. The van der Waals surface area contributed by atoms with Crippen LogP contribution in [0.15, 0.2) is 40.9 Å². The molecule has 0 saturated carbocycles. The van der Waals surface area contributed by atoms with Gasteiger partial charge in [0.25, 0.3) is 0 Å². The van der Waals surface area contributed by atoms with Crippen LogP contribution in [0.5, 0.6) is 0 Å². The number of likely N-dealkylation sites (N-methyl/N-ethyl adjacent to an activating group) is 1. The minimum atomic E-state index is -0.378. The van der Waals surface area contributed by atoms with Crippen molar-refractivity contribution in [3.63, 3.8) is 0 Å². The Morgan fingerprint density at radius 2 is 2.00 bits per heavy atom. The van der Waals surface area contributed by atoms with Gasteiger partial charge in [0.2, 0.25) is 0 Å². The first-order chi connectivity index (χ1) is 10.0. The predicted molar refractivity (Wildman–Crippen MR) is 90.4 cm³/mol. The minimum absolute atomic E-state index is 0.159. The summed E-state index contributed by atoms with van der Waals surface area (Å²) in [6.45, 7) is 5.00. The molecule has 0 aromatic heterocycles. The van der Waals surface area contributed by atoms with Gasteiger partial charge in [0.1, 0.15) is 5.82 Å². The van der Waals surface area contributed by atoms with Crippen molar-refractivity contribution in [2.24, 2.45) is 0 Å². The van der Waals surface area contributed by atoms with E-state index in [1.165, 1.54) is 17.2 Å². The van der Waals surface area contributed by atoms with Gasteiger partial charge in [-0.15, -0.1) is 0 Å². The average Bonchev–Trinajstić information content (AvgIpc) is 2.42. The van der Waals surface area contributed by atoms with Crippen molar-refractivity contribution in [2.45, 2.75) is 26.3 Å². The zero-order chi connectivity index (χ0) is 15.4. The first kappa shape index (κ1) is 16.5. The molecule has 0 spiro atoms. The van der Waals surface area contributed by atoms with Crippen LogP contribution in [0.2, 0.25) is 5.02 Å². The number of halogens is 3. The van der Waals surface area contributed by atoms with Crippen LogP contribution < -0.4 is 5.32 Å². The molecule has 1 atom stereocenters. The molecule has 2 aromatic rings. The third kappa shape index (κ3) is 4.29. The fourth-order valence-electron chi connectivity index (χ4n) is 2.36. The van der Waals surface area contributed by atoms with Gasteiger partial charge in [-0.3, -0.25) is 0 Å². The van der Waals surface area contributed by atoms with Crippen LogP contribution in [0.4, 0.5) is 4.39 Å². The maximum absolute atomic E-state index is 13.3. The molecule has 0 aliphatic carbocycles. The average molecular weight is 371 g/mol. The molecular formula is C17H18BrClFN. The van der Waals surface area contributed by atoms with Gasteiger partial charge in [-0.25, -0.2) is 4.39 Å². The van der Waals surface area contributed by atoms with Gasteiger partial charge in [0.15, 0.2) is 0 Å². The van der Waals surface area contributed by atoms with Crippen molar-refractivity contribution < 1.29 is 4.39 Å². The molecule has 0 radical (unpaired) electrons. The highest BCUT2D eigenvalue weighted by Gasteiger charge is 2.15. The molecule has 0 amide bonds. The highest BCUT2D eigenvalue weighted by molar-refractivity contribution is 9.10. The van der Waals surface area contributed by atoms with Crippen LogP contribution in [-0.2, 0) is 6.42 Å². The number of rotatable bonds is 5. The Morgan fingerprint density at radius 1 is 1.24 bits per heavy atom. The van der Waals surface area contributed by atoms with Gasteiger partial charge in [-0.1, -0.05) is 52.7 Å². The Hall–Kier alpha value is -0.900. The van der Waals surface area contributed by atoms with E-state index in [1.54, 1.807) is 12.1 Å². The number of benzene rings is 2. The van der Waals surface area contributed by atoms with E-state index in [0.717, 1.165) is 23.0 Å². The molecule has 2 rings (SSSR count). The van der Waals surface area contributed by atoms with E-state index in [1.807, 2.05) is 0 Å². The summed E-state index contributed by atoms with van der Waals surface area (Å²) in [5.41, 5.74) is 3.42. The van der Waals surface area contributed by atoms with Crippen molar-refractivity contribution in [1.82, 2.24) is 5.32 Å². The minimum Gasteiger partial charge on any atom is -0.310 e. The Morgan fingerprint density at radius 3 is 2.62 bits per heavy atom. The molecule has 0 bridgehead atoms. The molecule has 0 saturated heterocycles. The summed E-state index contributed by atoms with van der Waals surface area (Å²) in [6, 6.07) is 11.4. The molecule has 1 nitrogen and oxygen atoms in total. The van der Waals surface area contributed by atoms with E-state index in [0.29, 0.717) is 0 Å². The van der Waals surface area contributed by atoms with Crippen LogP contribution in [-0.4, -0.2) is 6.54 Å². The Balaban J connectivity index is 2.28. The van der Waals surface area contributed by atoms with E-state index in [4.69, 9.17) is 11.6 Å². The summed E-state index contributed by atoms with van der Waals surface area (Å²) >= 11 is 9.50. The second-order valence-electron chi connectivity index (χ2n) is 5.09. The molecule has 2 aromatic carbocycles. The van der Waals surface area contributed by atoms with E-state index in [-0.39, 0.29) is 16.9 Å². The van der Waals surface area contributed by atoms with Crippen molar-refractivity contribution in [2.75, 3.05) is 6.54 Å². The van der Waals surface area contributed by atoms with Gasteiger partial charge < -0.3 is 5.32 Å². The lowest BCUT2D eigenvalue weighted by molar-refractivity contribution is 0.547. The van der Waals surface area contributed by atoms with Crippen molar-refractivity contribution in [3.8, 4) is 0 Å². The summed E-state index contributed by atoms with van der Waals surface area (Å²) < 4.78 is 14.3. The van der Waals surface area contributed by atoms with Gasteiger partial charge in [0.05, 0.1) is 5.02 Å². The summed E-state index contributed by atoms with van der Waals surface area (Å²) in [5.74, 6) is -0.378. The molecule has 0 aliphatic rings. The number of nitrogens with one attached hydrogen (secondary N) is 1. The van der Waals surface area contributed by atoms with Gasteiger partial charge in [-0.05, 0) is 54.8 Å². The molecule has 0 fully saturated rings. The zero-order valence-electron chi connectivity index (χ0n) is 12.1. The summed E-state index contributed by atoms with van der Waals surface area (Å²) in [4.78, 5) is 0. The number of aryl methyl sites for hydroxylation is 1. The third-order valence-electron chi connectivity index (χ3n) is 3.41. The SMILES string of the molecule is CCNC(Cc1ccc(F)c(Cl)c1)c1ccc(C)cc1Br. The Labute approximate surface area is 138 Å². The van der Waals surface area contributed by atoms with Gasteiger partial charge >= 0.3 is 0 Å². The van der Waals surface area contributed by atoms with Crippen LogP contribution in [0.3, 0.4) is 0 Å². The predicted octanol–water partition coefficient (Wildman–Crippen LogP) is 5.44. The fraction of sp³-hybridized carbons (Fsp3) is 0.294. The van der Waals surface area contributed by atoms with Crippen LogP contribution in [0, 0.1) is 12.7 Å². The van der Waals surface area contributed by atoms with Crippen LogP contribution in [0.1, 0.15) is 29.7 Å². The Bertz CT molecular complexity index is 630. The summed E-state index contributed by atoms with van der Waals surface area (Å²) in [6.07, 6.45) is 0.759. The fourth-order valence-corrected chi connectivity index (χ4v) is 3.33. The second-order valence-corrected chi connectivity index (χ2v) is 6.35. The first-order valence-electron chi connectivity index (χ1n) is 6.94. The highest BCUT2D eigenvalue weighted by Crippen LogP contribution is 2.28. The maximum Gasteiger partial charge on any atom is 0.141 e. The molecule has 0 heterocycles. The standard InChI is InChI=1S/C17H18BrClFN/c1-3-21-17(13-6-4-11(2)8-14(13)18)10-12-5-7-16(20)15(19)9-12/h4-9,17,21H,3,10H2,1-2H3. The summed E-state index contributed by atoms with van der Waals surface area (Å²) in [7, 11) is 0. The lowest BCUT2D eigenvalue weighted by atomic mass is 9.98. The highest BCUT2D eigenvalue weighted by atomic mass is 79.9. The Kier molecular flexibility index (Phi) is 5.80. The van der Waals surface area contributed by atoms with Crippen molar-refractivity contribution in [1.29, 1.82) is 0 Å². The first-order valence-corrected chi connectivity index (χ1v) is 8.11. The van der Waals surface area contributed by atoms with E-state index < -0.39 is 0 Å². The van der Waals surface area contributed by atoms with Crippen molar-refractivity contribution >= 4 is 27.5 Å². The molecule has 1 N–H and O–H groups in total. The summed E-state index contributed by atoms with van der Waals surface area (Å²) in [5, 5.41) is 3.65. The smallest absolute Gasteiger partial charge is 0.141 e. The lowest BCUT2D eigenvalue weighted by Crippen LogP contribution is -2.23. The topological polar surface area (TPSA) is 12.0 Å². The van der Waals surface area contributed by atoms with Crippen LogP contribution in [0.25, 0.3) is 0 Å². The molecule has 0 aliphatic heterocycles. The third-order valence-corrected chi connectivity index (χ3v) is 4.38. The zero-order valence-corrected chi connectivity index (χ0v) is 14.4. The normalized spacial score (nSPS) is 12.4. The van der Waals surface area contributed by atoms with Crippen molar-refractivity contribution in [3.05, 3.63) is 68.4 Å².